The number of anilines is 1. The first-order valence-corrected chi connectivity index (χ1v) is 6.28. The Morgan fingerprint density at radius 3 is 2.47 bits per heavy atom. The van der Waals surface area contributed by atoms with Crippen LogP contribution in [0.1, 0.15) is 45.8 Å². The highest BCUT2D eigenvalue weighted by atomic mass is 16.3. The van der Waals surface area contributed by atoms with Crippen LogP contribution in [0.15, 0.2) is 18.3 Å². The van der Waals surface area contributed by atoms with Crippen LogP contribution in [-0.2, 0) is 0 Å². The van der Waals surface area contributed by atoms with Gasteiger partial charge in [0, 0.05) is 19.3 Å². The van der Waals surface area contributed by atoms with E-state index in [2.05, 4.69) is 37.7 Å². The molecular weight excluding hydrogens is 212 g/mol. The first-order chi connectivity index (χ1) is 7.91. The van der Waals surface area contributed by atoms with Crippen molar-refractivity contribution >= 4 is 5.82 Å². The third-order valence-corrected chi connectivity index (χ3v) is 3.09. The molecule has 0 radical (unpaired) electrons. The van der Waals surface area contributed by atoms with Gasteiger partial charge < -0.3 is 10.0 Å². The van der Waals surface area contributed by atoms with Crippen molar-refractivity contribution in [1.82, 2.24) is 4.98 Å². The van der Waals surface area contributed by atoms with Gasteiger partial charge in [0.2, 0.25) is 0 Å². The highest BCUT2D eigenvalue weighted by Crippen LogP contribution is 2.20. The average Bonchev–Trinajstić information content (AvgIpc) is 2.27. The summed E-state index contributed by atoms with van der Waals surface area (Å²) in [5.41, 5.74) is 0.915. The molecule has 1 unspecified atom stereocenters. The van der Waals surface area contributed by atoms with Crippen LogP contribution < -0.4 is 4.90 Å². The van der Waals surface area contributed by atoms with Gasteiger partial charge in [-0.3, -0.25) is 0 Å². The number of aliphatic hydroxyl groups is 1. The van der Waals surface area contributed by atoms with Crippen LogP contribution in [0.2, 0.25) is 0 Å². The van der Waals surface area contributed by atoms with E-state index in [4.69, 9.17) is 0 Å². The maximum absolute atomic E-state index is 9.57. The standard InChI is InChI=1S/C14H24N2O/c1-10(2)8-11(3)16(5)14-9-13(12(4)17)6-7-15-14/h6-7,9-12,17H,8H2,1-5H3/t11?,12-/m1/s1. The summed E-state index contributed by atoms with van der Waals surface area (Å²) >= 11 is 0. The molecule has 1 N–H and O–H groups in total. The molecule has 0 fully saturated rings. The third-order valence-electron chi connectivity index (χ3n) is 3.09. The van der Waals surface area contributed by atoms with Crippen LogP contribution in [0.25, 0.3) is 0 Å². The molecule has 17 heavy (non-hydrogen) atoms. The fourth-order valence-corrected chi connectivity index (χ4v) is 1.95. The summed E-state index contributed by atoms with van der Waals surface area (Å²) in [6, 6.07) is 4.27. The zero-order valence-corrected chi connectivity index (χ0v) is 11.5. The number of rotatable bonds is 5. The van der Waals surface area contributed by atoms with Crippen molar-refractivity contribution in [3.05, 3.63) is 23.9 Å². The Kier molecular flexibility index (Phi) is 4.94. The van der Waals surface area contributed by atoms with E-state index in [-0.39, 0.29) is 0 Å². The summed E-state index contributed by atoms with van der Waals surface area (Å²) < 4.78 is 0. The van der Waals surface area contributed by atoms with E-state index in [0.717, 1.165) is 17.8 Å². The molecule has 1 heterocycles. The Bertz CT molecular complexity index is 350. The zero-order chi connectivity index (χ0) is 13.0. The molecule has 0 aliphatic carbocycles. The number of nitrogens with zero attached hydrogens (tertiary/aromatic N) is 2. The van der Waals surface area contributed by atoms with Crippen molar-refractivity contribution in [3.63, 3.8) is 0 Å². The predicted octanol–water partition coefficient (Wildman–Crippen LogP) is 3.01. The molecule has 96 valence electrons. The van der Waals surface area contributed by atoms with Gasteiger partial charge in [-0.2, -0.15) is 0 Å². The summed E-state index contributed by atoms with van der Waals surface area (Å²) in [5, 5.41) is 9.57. The van der Waals surface area contributed by atoms with Gasteiger partial charge in [-0.1, -0.05) is 13.8 Å². The van der Waals surface area contributed by atoms with Gasteiger partial charge in [0.1, 0.15) is 5.82 Å². The van der Waals surface area contributed by atoms with Gasteiger partial charge in [0.15, 0.2) is 0 Å². The number of hydrogen-bond donors (Lipinski definition) is 1. The van der Waals surface area contributed by atoms with E-state index in [9.17, 15) is 5.11 Å². The molecule has 1 rings (SSSR count). The molecule has 0 amide bonds. The Balaban J connectivity index is 2.81. The topological polar surface area (TPSA) is 36.4 Å². The fraction of sp³-hybridized carbons (Fsp3) is 0.643. The average molecular weight is 236 g/mol. The monoisotopic (exact) mass is 236 g/mol. The zero-order valence-electron chi connectivity index (χ0n) is 11.5. The summed E-state index contributed by atoms with van der Waals surface area (Å²) in [6.07, 6.45) is 2.46. The minimum absolute atomic E-state index is 0.439. The van der Waals surface area contributed by atoms with Crippen LogP contribution in [-0.4, -0.2) is 23.2 Å². The van der Waals surface area contributed by atoms with E-state index in [1.807, 2.05) is 12.1 Å². The number of aliphatic hydroxyl groups excluding tert-OH is 1. The van der Waals surface area contributed by atoms with Gasteiger partial charge in [0.05, 0.1) is 6.10 Å². The second-order valence-electron chi connectivity index (χ2n) is 5.21. The molecule has 3 heteroatoms. The normalized spacial score (nSPS) is 14.8. The van der Waals surface area contributed by atoms with Gasteiger partial charge in [-0.25, -0.2) is 4.98 Å². The number of pyridine rings is 1. The molecule has 1 aromatic rings. The van der Waals surface area contributed by atoms with Crippen LogP contribution in [0.4, 0.5) is 5.82 Å². The van der Waals surface area contributed by atoms with Gasteiger partial charge in [-0.15, -0.1) is 0 Å². The lowest BCUT2D eigenvalue weighted by atomic mass is 10.0. The second kappa shape index (κ2) is 6.01. The van der Waals surface area contributed by atoms with E-state index >= 15 is 0 Å². The maximum Gasteiger partial charge on any atom is 0.128 e. The van der Waals surface area contributed by atoms with Crippen LogP contribution in [0.5, 0.6) is 0 Å². The largest absolute Gasteiger partial charge is 0.389 e. The molecule has 0 spiro atoms. The molecular formula is C14H24N2O. The minimum atomic E-state index is -0.439. The van der Waals surface area contributed by atoms with Crippen molar-refractivity contribution in [2.75, 3.05) is 11.9 Å². The van der Waals surface area contributed by atoms with Crippen molar-refractivity contribution in [2.24, 2.45) is 5.92 Å². The highest BCUT2D eigenvalue weighted by molar-refractivity contribution is 5.41. The van der Waals surface area contributed by atoms with E-state index < -0.39 is 6.10 Å². The minimum Gasteiger partial charge on any atom is -0.389 e. The molecule has 0 aliphatic rings. The van der Waals surface area contributed by atoms with Crippen LogP contribution in [0.3, 0.4) is 0 Å². The van der Waals surface area contributed by atoms with Gasteiger partial charge in [-0.05, 0) is 43.9 Å². The molecule has 0 aromatic carbocycles. The SMILES string of the molecule is CC(C)CC(C)N(C)c1cc([C@@H](C)O)ccn1. The molecule has 0 aliphatic heterocycles. The van der Waals surface area contributed by atoms with Crippen LogP contribution >= 0.6 is 0 Å². The van der Waals surface area contributed by atoms with Crippen molar-refractivity contribution in [1.29, 1.82) is 0 Å². The summed E-state index contributed by atoms with van der Waals surface area (Å²) in [7, 11) is 2.06. The second-order valence-corrected chi connectivity index (χ2v) is 5.21. The van der Waals surface area contributed by atoms with E-state index in [0.29, 0.717) is 12.0 Å². The van der Waals surface area contributed by atoms with Crippen molar-refractivity contribution in [2.45, 2.75) is 46.3 Å². The van der Waals surface area contributed by atoms with Crippen LogP contribution in [0, 0.1) is 5.92 Å². The first kappa shape index (κ1) is 14.0. The van der Waals surface area contributed by atoms with Crippen molar-refractivity contribution in [3.8, 4) is 0 Å². The Morgan fingerprint density at radius 1 is 1.29 bits per heavy atom. The Labute approximate surface area is 104 Å². The summed E-state index contributed by atoms with van der Waals surface area (Å²) in [4.78, 5) is 6.54. The smallest absolute Gasteiger partial charge is 0.128 e. The summed E-state index contributed by atoms with van der Waals surface area (Å²) in [6.45, 7) is 8.43. The molecule has 0 saturated carbocycles. The molecule has 1 aromatic heterocycles. The molecule has 2 atom stereocenters. The lowest BCUT2D eigenvalue weighted by molar-refractivity contribution is 0.199. The first-order valence-electron chi connectivity index (χ1n) is 6.28. The molecule has 0 saturated heterocycles. The van der Waals surface area contributed by atoms with E-state index in [1.54, 1.807) is 13.1 Å². The Morgan fingerprint density at radius 2 is 1.94 bits per heavy atom. The van der Waals surface area contributed by atoms with Gasteiger partial charge >= 0.3 is 0 Å². The van der Waals surface area contributed by atoms with Crippen molar-refractivity contribution < 1.29 is 5.11 Å². The quantitative estimate of drug-likeness (QED) is 0.853. The third kappa shape index (κ3) is 4.00. The highest BCUT2D eigenvalue weighted by Gasteiger charge is 2.13. The fourth-order valence-electron chi connectivity index (χ4n) is 1.95. The summed E-state index contributed by atoms with van der Waals surface area (Å²) in [5.74, 6) is 1.60. The van der Waals surface area contributed by atoms with E-state index in [1.165, 1.54) is 0 Å². The lowest BCUT2D eigenvalue weighted by Crippen LogP contribution is -2.30. The van der Waals surface area contributed by atoms with Gasteiger partial charge in [0.25, 0.3) is 0 Å². The number of aromatic nitrogens is 1. The Hall–Kier alpha value is -1.09. The molecule has 0 bridgehead atoms. The lowest BCUT2D eigenvalue weighted by Gasteiger charge is -2.27. The predicted molar refractivity (Wildman–Crippen MR) is 72.2 cm³/mol. The number of hydrogen-bond acceptors (Lipinski definition) is 3. The molecule has 3 nitrogen and oxygen atoms in total. The maximum atomic E-state index is 9.57.